The number of nitrogens with one attached hydrogen (secondary N) is 1. The summed E-state index contributed by atoms with van der Waals surface area (Å²) >= 11 is 0. The molecule has 0 aliphatic carbocycles. The summed E-state index contributed by atoms with van der Waals surface area (Å²) < 4.78 is 5.58. The molecule has 1 N–H and O–H groups in total. The van der Waals surface area contributed by atoms with Crippen LogP contribution in [0.3, 0.4) is 0 Å². The highest BCUT2D eigenvalue weighted by Gasteiger charge is 2.38. The van der Waals surface area contributed by atoms with Crippen LogP contribution in [0.25, 0.3) is 0 Å². The maximum atomic E-state index is 12.8. The molecule has 1 aliphatic rings. The van der Waals surface area contributed by atoms with Gasteiger partial charge in [-0.2, -0.15) is 0 Å². The zero-order valence-electron chi connectivity index (χ0n) is 13.8. The number of carbonyl (C=O) groups is 2. The van der Waals surface area contributed by atoms with E-state index >= 15 is 0 Å². The number of para-hydroxylation sites is 1. The molecule has 0 saturated carbocycles. The first-order valence-electron chi connectivity index (χ1n) is 7.55. The standard InChI is InChI=1S/C17H24N2O3/c1-11(2)19-14(20)10-22-13-9-7-6-8-12(13)15(19)16(21)18-17(3,4)5/h6-9,11,15H,10H2,1-5H3,(H,18,21). The van der Waals surface area contributed by atoms with Crippen LogP contribution >= 0.6 is 0 Å². The minimum atomic E-state index is -0.676. The molecule has 1 aliphatic heterocycles. The van der Waals surface area contributed by atoms with E-state index in [0.717, 1.165) is 5.56 Å². The Morgan fingerprint density at radius 1 is 1.32 bits per heavy atom. The minimum absolute atomic E-state index is 0.0471. The van der Waals surface area contributed by atoms with E-state index in [1.807, 2.05) is 52.8 Å². The SMILES string of the molecule is CC(C)N1C(=O)COc2ccccc2C1C(=O)NC(C)(C)C. The van der Waals surface area contributed by atoms with Gasteiger partial charge in [0.05, 0.1) is 0 Å². The Morgan fingerprint density at radius 3 is 2.55 bits per heavy atom. The lowest BCUT2D eigenvalue weighted by Gasteiger charge is -2.34. The molecule has 1 aromatic carbocycles. The summed E-state index contributed by atoms with van der Waals surface area (Å²) in [5.74, 6) is 0.223. The van der Waals surface area contributed by atoms with Crippen molar-refractivity contribution in [2.24, 2.45) is 0 Å². The summed E-state index contributed by atoms with van der Waals surface area (Å²) in [6.07, 6.45) is 0. The predicted octanol–water partition coefficient (Wildman–Crippen LogP) is 2.27. The molecule has 0 spiro atoms. The van der Waals surface area contributed by atoms with Gasteiger partial charge in [0.15, 0.2) is 6.61 Å². The maximum Gasteiger partial charge on any atom is 0.261 e. The number of benzene rings is 1. The topological polar surface area (TPSA) is 58.6 Å². The second kappa shape index (κ2) is 5.99. The second-order valence-corrected chi connectivity index (χ2v) is 6.86. The highest BCUT2D eigenvalue weighted by Crippen LogP contribution is 2.34. The first-order valence-corrected chi connectivity index (χ1v) is 7.55. The average Bonchev–Trinajstić information content (AvgIpc) is 2.54. The molecule has 1 heterocycles. The summed E-state index contributed by atoms with van der Waals surface area (Å²) in [6, 6.07) is 6.56. The van der Waals surface area contributed by atoms with Crippen molar-refractivity contribution in [3.8, 4) is 5.75 Å². The number of hydrogen-bond donors (Lipinski definition) is 1. The van der Waals surface area contributed by atoms with Crippen molar-refractivity contribution in [3.63, 3.8) is 0 Å². The molecule has 1 unspecified atom stereocenters. The first kappa shape index (κ1) is 16.3. The third kappa shape index (κ3) is 3.40. The smallest absolute Gasteiger partial charge is 0.261 e. The Labute approximate surface area is 131 Å². The van der Waals surface area contributed by atoms with Gasteiger partial charge in [-0.15, -0.1) is 0 Å². The quantitative estimate of drug-likeness (QED) is 0.912. The number of carbonyl (C=O) groups excluding carboxylic acids is 2. The van der Waals surface area contributed by atoms with E-state index in [0.29, 0.717) is 5.75 Å². The lowest BCUT2D eigenvalue weighted by atomic mass is 10.00. The maximum absolute atomic E-state index is 12.8. The number of amides is 2. The fourth-order valence-electron chi connectivity index (χ4n) is 2.64. The Morgan fingerprint density at radius 2 is 1.95 bits per heavy atom. The van der Waals surface area contributed by atoms with Crippen molar-refractivity contribution < 1.29 is 14.3 Å². The fraction of sp³-hybridized carbons (Fsp3) is 0.529. The highest BCUT2D eigenvalue weighted by molar-refractivity contribution is 5.91. The van der Waals surface area contributed by atoms with Crippen LogP contribution in [0.2, 0.25) is 0 Å². The summed E-state index contributed by atoms with van der Waals surface area (Å²) in [5, 5.41) is 2.97. The summed E-state index contributed by atoms with van der Waals surface area (Å²) in [6.45, 7) is 9.53. The minimum Gasteiger partial charge on any atom is -0.483 e. The third-order valence-electron chi connectivity index (χ3n) is 3.43. The van der Waals surface area contributed by atoms with Gasteiger partial charge in [0.1, 0.15) is 11.8 Å². The zero-order chi connectivity index (χ0) is 16.5. The van der Waals surface area contributed by atoms with Crippen molar-refractivity contribution in [2.45, 2.75) is 52.2 Å². The van der Waals surface area contributed by atoms with E-state index in [2.05, 4.69) is 5.32 Å². The molecule has 5 nitrogen and oxygen atoms in total. The Bertz CT molecular complexity index is 576. The molecule has 1 atom stereocenters. The molecular weight excluding hydrogens is 280 g/mol. The Hall–Kier alpha value is -2.04. The fourth-order valence-corrected chi connectivity index (χ4v) is 2.64. The second-order valence-electron chi connectivity index (χ2n) is 6.86. The van der Waals surface area contributed by atoms with Crippen LogP contribution in [0.4, 0.5) is 0 Å². The number of ether oxygens (including phenoxy) is 1. The predicted molar refractivity (Wildman–Crippen MR) is 84.6 cm³/mol. The van der Waals surface area contributed by atoms with Crippen molar-refractivity contribution >= 4 is 11.8 Å². The number of nitrogens with zero attached hydrogens (tertiary/aromatic N) is 1. The van der Waals surface area contributed by atoms with E-state index < -0.39 is 6.04 Å². The van der Waals surface area contributed by atoms with Crippen LogP contribution in [0.1, 0.15) is 46.2 Å². The zero-order valence-corrected chi connectivity index (χ0v) is 13.8. The molecule has 22 heavy (non-hydrogen) atoms. The van der Waals surface area contributed by atoms with E-state index in [1.54, 1.807) is 11.0 Å². The van der Waals surface area contributed by atoms with Gasteiger partial charge in [-0.1, -0.05) is 18.2 Å². The van der Waals surface area contributed by atoms with Gasteiger partial charge in [0.2, 0.25) is 5.91 Å². The van der Waals surface area contributed by atoms with Gasteiger partial charge in [-0.3, -0.25) is 9.59 Å². The molecule has 0 fully saturated rings. The third-order valence-corrected chi connectivity index (χ3v) is 3.43. The lowest BCUT2D eigenvalue weighted by Crippen LogP contribution is -2.51. The number of fused-ring (bicyclic) bond motifs is 1. The molecule has 0 radical (unpaired) electrons. The van der Waals surface area contributed by atoms with E-state index in [9.17, 15) is 9.59 Å². The molecule has 0 bridgehead atoms. The van der Waals surface area contributed by atoms with E-state index in [4.69, 9.17) is 4.74 Å². The van der Waals surface area contributed by atoms with Gasteiger partial charge in [0.25, 0.3) is 5.91 Å². The summed E-state index contributed by atoms with van der Waals surface area (Å²) in [7, 11) is 0. The van der Waals surface area contributed by atoms with Gasteiger partial charge >= 0.3 is 0 Å². The van der Waals surface area contributed by atoms with E-state index in [1.165, 1.54) is 0 Å². The van der Waals surface area contributed by atoms with Crippen LogP contribution in [-0.2, 0) is 9.59 Å². The number of rotatable bonds is 2. The molecule has 5 heteroatoms. The number of hydrogen-bond acceptors (Lipinski definition) is 3. The molecule has 0 aromatic heterocycles. The molecule has 2 amide bonds. The van der Waals surface area contributed by atoms with Crippen LogP contribution < -0.4 is 10.1 Å². The molecule has 1 aromatic rings. The van der Waals surface area contributed by atoms with Gasteiger partial charge < -0.3 is 15.0 Å². The van der Waals surface area contributed by atoms with Crippen LogP contribution in [-0.4, -0.2) is 34.9 Å². The van der Waals surface area contributed by atoms with Gasteiger partial charge in [-0.05, 0) is 40.7 Å². The van der Waals surface area contributed by atoms with Crippen molar-refractivity contribution in [3.05, 3.63) is 29.8 Å². The van der Waals surface area contributed by atoms with E-state index in [-0.39, 0.29) is 30.0 Å². The van der Waals surface area contributed by atoms with Gasteiger partial charge in [0, 0.05) is 17.1 Å². The van der Waals surface area contributed by atoms with Crippen LogP contribution in [0.5, 0.6) is 5.75 Å². The normalized spacial score (nSPS) is 18.5. The van der Waals surface area contributed by atoms with Crippen molar-refractivity contribution in [1.29, 1.82) is 0 Å². The Kier molecular flexibility index (Phi) is 4.44. The molecular formula is C17H24N2O3. The highest BCUT2D eigenvalue weighted by atomic mass is 16.5. The monoisotopic (exact) mass is 304 g/mol. The molecule has 2 rings (SSSR count). The lowest BCUT2D eigenvalue weighted by molar-refractivity contribution is -0.143. The first-order chi connectivity index (χ1) is 10.2. The Balaban J connectivity index is 2.50. The average molecular weight is 304 g/mol. The van der Waals surface area contributed by atoms with Crippen LogP contribution in [0.15, 0.2) is 24.3 Å². The summed E-state index contributed by atoms with van der Waals surface area (Å²) in [5.41, 5.74) is 0.356. The van der Waals surface area contributed by atoms with Gasteiger partial charge in [-0.25, -0.2) is 0 Å². The van der Waals surface area contributed by atoms with Crippen molar-refractivity contribution in [1.82, 2.24) is 10.2 Å². The largest absolute Gasteiger partial charge is 0.483 e. The molecule has 0 saturated heterocycles. The van der Waals surface area contributed by atoms with Crippen molar-refractivity contribution in [2.75, 3.05) is 6.61 Å². The molecule has 120 valence electrons. The summed E-state index contributed by atoms with van der Waals surface area (Å²) in [4.78, 5) is 26.9. The van der Waals surface area contributed by atoms with Crippen LogP contribution in [0, 0.1) is 0 Å².